The second-order valence-electron chi connectivity index (χ2n) is 4.57. The largest absolute Gasteiger partial charge is 0.384 e. The van der Waals surface area contributed by atoms with Gasteiger partial charge in [0.25, 0.3) is 0 Å². The van der Waals surface area contributed by atoms with Gasteiger partial charge in [0, 0.05) is 0 Å². The Morgan fingerprint density at radius 3 is 2.00 bits per heavy atom. The Labute approximate surface area is 87.1 Å². The normalized spacial score (nSPS) is 18.7. The van der Waals surface area contributed by atoms with E-state index in [9.17, 15) is 5.11 Å². The molecular weight excluding hydrogens is 200 g/mol. The smallest absolute Gasteiger partial charge is 0.102 e. The van der Waals surface area contributed by atoms with Crippen LogP contribution in [0.3, 0.4) is 0 Å². The Morgan fingerprint density at radius 2 is 1.92 bits per heavy atom. The van der Waals surface area contributed by atoms with Gasteiger partial charge in [-0.2, -0.15) is 0 Å². The predicted octanol–water partition coefficient (Wildman–Crippen LogP) is 2.95. The van der Waals surface area contributed by atoms with E-state index in [1.807, 2.05) is 0 Å². The van der Waals surface area contributed by atoms with E-state index in [-0.39, 0.29) is 5.38 Å². The van der Waals surface area contributed by atoms with E-state index in [0.717, 1.165) is 5.20 Å². The SMILES string of the molecule is C=C=C(C(C)(O)C(C)Cl)[Si](C)(C)C. The van der Waals surface area contributed by atoms with Gasteiger partial charge < -0.3 is 5.11 Å². The minimum absolute atomic E-state index is 0.316. The molecule has 0 saturated carbocycles. The quantitative estimate of drug-likeness (QED) is 0.439. The van der Waals surface area contributed by atoms with E-state index >= 15 is 0 Å². The Hall–Kier alpha value is -0.0131. The van der Waals surface area contributed by atoms with Crippen molar-refractivity contribution in [3.05, 3.63) is 17.5 Å². The number of rotatable bonds is 3. The van der Waals surface area contributed by atoms with Gasteiger partial charge in [0.05, 0.1) is 13.5 Å². The molecule has 0 aliphatic rings. The van der Waals surface area contributed by atoms with Gasteiger partial charge in [0.15, 0.2) is 0 Å². The molecule has 1 N–H and O–H groups in total. The highest BCUT2D eigenvalue weighted by Crippen LogP contribution is 2.30. The second-order valence-corrected chi connectivity index (χ2v) is 10.2. The first kappa shape index (κ1) is 13.0. The molecule has 0 aromatic rings. The van der Waals surface area contributed by atoms with Crippen LogP contribution in [-0.2, 0) is 0 Å². The van der Waals surface area contributed by atoms with E-state index in [1.165, 1.54) is 0 Å². The predicted molar refractivity (Wildman–Crippen MR) is 61.9 cm³/mol. The molecule has 0 saturated heterocycles. The fraction of sp³-hybridized carbons (Fsp3) is 0.700. The van der Waals surface area contributed by atoms with Gasteiger partial charge in [0.1, 0.15) is 5.60 Å². The fourth-order valence-corrected chi connectivity index (χ4v) is 3.87. The summed E-state index contributed by atoms with van der Waals surface area (Å²) in [5.41, 5.74) is 1.88. The third-order valence-electron chi connectivity index (χ3n) is 2.21. The molecule has 0 fully saturated rings. The first-order valence-corrected chi connectivity index (χ1v) is 8.35. The first-order valence-electron chi connectivity index (χ1n) is 4.41. The number of halogens is 1. The average Bonchev–Trinajstić information content (AvgIpc) is 1.83. The van der Waals surface area contributed by atoms with Crippen LogP contribution in [0, 0.1) is 0 Å². The van der Waals surface area contributed by atoms with Crippen LogP contribution in [0.2, 0.25) is 19.6 Å². The van der Waals surface area contributed by atoms with Crippen LogP contribution in [0.1, 0.15) is 13.8 Å². The zero-order valence-corrected chi connectivity index (χ0v) is 10.9. The van der Waals surface area contributed by atoms with Crippen LogP contribution >= 0.6 is 11.6 Å². The number of alkyl halides is 1. The summed E-state index contributed by atoms with van der Waals surface area (Å²) in [5, 5.41) is 10.7. The van der Waals surface area contributed by atoms with Crippen LogP contribution < -0.4 is 0 Å². The number of hydrogen-bond acceptors (Lipinski definition) is 1. The highest BCUT2D eigenvalue weighted by molar-refractivity contribution is 6.83. The third kappa shape index (κ3) is 2.99. The molecule has 0 amide bonds. The molecule has 0 aromatic heterocycles. The van der Waals surface area contributed by atoms with Crippen molar-refractivity contribution in [2.75, 3.05) is 0 Å². The molecule has 13 heavy (non-hydrogen) atoms. The summed E-state index contributed by atoms with van der Waals surface area (Å²) in [7, 11) is -1.58. The minimum atomic E-state index is -1.58. The van der Waals surface area contributed by atoms with E-state index in [0.29, 0.717) is 0 Å². The van der Waals surface area contributed by atoms with Crippen molar-refractivity contribution in [3.63, 3.8) is 0 Å². The molecule has 0 heterocycles. The van der Waals surface area contributed by atoms with Gasteiger partial charge in [-0.05, 0) is 19.0 Å². The topological polar surface area (TPSA) is 20.2 Å². The zero-order valence-electron chi connectivity index (χ0n) is 9.11. The Morgan fingerprint density at radius 1 is 1.54 bits per heavy atom. The first-order chi connectivity index (χ1) is 5.64. The van der Waals surface area contributed by atoms with Crippen LogP contribution in [0.15, 0.2) is 17.5 Å². The van der Waals surface area contributed by atoms with Gasteiger partial charge in [-0.15, -0.1) is 17.3 Å². The summed E-state index contributed by atoms with van der Waals surface area (Å²) < 4.78 is 0. The van der Waals surface area contributed by atoms with Crippen LogP contribution in [0.4, 0.5) is 0 Å². The molecule has 0 aliphatic heterocycles. The zero-order chi connectivity index (χ0) is 10.9. The third-order valence-corrected chi connectivity index (χ3v) is 4.82. The highest BCUT2D eigenvalue weighted by Gasteiger charge is 2.38. The van der Waals surface area contributed by atoms with Crippen molar-refractivity contribution in [1.29, 1.82) is 0 Å². The second kappa shape index (κ2) is 4.01. The van der Waals surface area contributed by atoms with Crippen molar-refractivity contribution >= 4 is 19.7 Å². The van der Waals surface area contributed by atoms with E-state index < -0.39 is 13.7 Å². The minimum Gasteiger partial charge on any atom is -0.384 e. The fourth-order valence-electron chi connectivity index (χ4n) is 1.40. The van der Waals surface area contributed by atoms with E-state index in [1.54, 1.807) is 13.8 Å². The Kier molecular flexibility index (Phi) is 4.01. The standard InChI is InChI=1S/C10H19ClOSi/c1-7-9(13(4,5)6)10(3,12)8(2)11/h8,12H,1H2,2-6H3. The number of hydrogen-bond donors (Lipinski definition) is 1. The summed E-state index contributed by atoms with van der Waals surface area (Å²) in [6.45, 7) is 13.6. The van der Waals surface area contributed by atoms with Crippen LogP contribution in [-0.4, -0.2) is 24.2 Å². The summed E-state index contributed by atoms with van der Waals surface area (Å²) >= 11 is 5.93. The molecule has 1 nitrogen and oxygen atoms in total. The molecule has 2 atom stereocenters. The van der Waals surface area contributed by atoms with Crippen LogP contribution in [0.25, 0.3) is 0 Å². The maximum atomic E-state index is 10.2. The van der Waals surface area contributed by atoms with Crippen molar-refractivity contribution in [2.24, 2.45) is 0 Å². The van der Waals surface area contributed by atoms with Gasteiger partial charge in [0.2, 0.25) is 0 Å². The lowest BCUT2D eigenvalue weighted by atomic mass is 10.0. The highest BCUT2D eigenvalue weighted by atomic mass is 35.5. The molecule has 0 radical (unpaired) electrons. The molecular formula is C10H19ClOSi. The molecule has 2 unspecified atom stereocenters. The lowest BCUT2D eigenvalue weighted by molar-refractivity contribution is 0.105. The van der Waals surface area contributed by atoms with Crippen molar-refractivity contribution in [2.45, 2.75) is 44.5 Å². The molecule has 0 aromatic carbocycles. The molecule has 0 spiro atoms. The lowest BCUT2D eigenvalue weighted by Gasteiger charge is -2.34. The maximum absolute atomic E-state index is 10.2. The molecule has 76 valence electrons. The van der Waals surface area contributed by atoms with Crippen molar-refractivity contribution < 1.29 is 5.11 Å². The number of aliphatic hydroxyl groups is 1. The monoisotopic (exact) mass is 218 g/mol. The van der Waals surface area contributed by atoms with E-state index in [4.69, 9.17) is 11.6 Å². The van der Waals surface area contributed by atoms with Gasteiger partial charge in [-0.25, -0.2) is 0 Å². The molecule has 0 rings (SSSR count). The lowest BCUT2D eigenvalue weighted by Crippen LogP contribution is -2.45. The Bertz CT molecular complexity index is 232. The summed E-state index contributed by atoms with van der Waals surface area (Å²) in [4.78, 5) is 0. The average molecular weight is 219 g/mol. The Balaban J connectivity index is 5.15. The van der Waals surface area contributed by atoms with Gasteiger partial charge >= 0.3 is 0 Å². The maximum Gasteiger partial charge on any atom is 0.102 e. The molecule has 0 bridgehead atoms. The van der Waals surface area contributed by atoms with Crippen molar-refractivity contribution in [3.8, 4) is 0 Å². The van der Waals surface area contributed by atoms with Crippen LogP contribution in [0.5, 0.6) is 0 Å². The van der Waals surface area contributed by atoms with Crippen molar-refractivity contribution in [1.82, 2.24) is 0 Å². The summed E-state index contributed by atoms with van der Waals surface area (Å²) in [6, 6.07) is 0. The molecule has 0 aliphatic carbocycles. The van der Waals surface area contributed by atoms with E-state index in [2.05, 4.69) is 32.0 Å². The van der Waals surface area contributed by atoms with Gasteiger partial charge in [-0.3, -0.25) is 0 Å². The summed E-state index contributed by atoms with van der Waals surface area (Å²) in [5.74, 6) is 0. The summed E-state index contributed by atoms with van der Waals surface area (Å²) in [6.07, 6.45) is 0. The van der Waals surface area contributed by atoms with Gasteiger partial charge in [-0.1, -0.05) is 26.2 Å². The molecule has 3 heteroatoms.